The smallest absolute Gasteiger partial charge is 0.262 e. The highest BCUT2D eigenvalue weighted by Gasteiger charge is 2.35. The molecule has 0 atom stereocenters. The van der Waals surface area contributed by atoms with Gasteiger partial charge in [0.2, 0.25) is 0 Å². The molecule has 0 radical (unpaired) electrons. The summed E-state index contributed by atoms with van der Waals surface area (Å²) in [5.41, 5.74) is 0.564. The van der Waals surface area contributed by atoms with E-state index in [0.717, 1.165) is 4.90 Å². The first-order valence-corrected chi connectivity index (χ1v) is 5.03. The van der Waals surface area contributed by atoms with Crippen molar-refractivity contribution in [1.82, 2.24) is 4.90 Å². The second kappa shape index (κ2) is 3.72. The lowest BCUT2D eigenvalue weighted by atomic mass is 10.1. The van der Waals surface area contributed by atoms with Gasteiger partial charge in [-0.05, 0) is 25.1 Å². The van der Waals surface area contributed by atoms with Crippen molar-refractivity contribution < 1.29 is 14.4 Å². The standard InChI is InChI=1S/C11H8ClNO3/c1-6(14)5-13-10(15)8-3-2-7(12)4-9(8)11(13)16/h2-4H,5H2,1H3. The highest BCUT2D eigenvalue weighted by Crippen LogP contribution is 2.25. The number of halogens is 1. The molecule has 0 spiro atoms. The SMILES string of the molecule is CC(=O)CN1C(=O)c2ccc(Cl)cc2C1=O. The molecule has 0 N–H and O–H groups in total. The van der Waals surface area contributed by atoms with E-state index in [1.807, 2.05) is 0 Å². The molecule has 0 unspecified atom stereocenters. The van der Waals surface area contributed by atoms with Crippen LogP contribution in [0.1, 0.15) is 27.6 Å². The molecule has 1 heterocycles. The summed E-state index contributed by atoms with van der Waals surface area (Å²) in [6.07, 6.45) is 0. The van der Waals surface area contributed by atoms with Crippen LogP contribution in [0.5, 0.6) is 0 Å². The van der Waals surface area contributed by atoms with Gasteiger partial charge in [0, 0.05) is 5.02 Å². The van der Waals surface area contributed by atoms with Gasteiger partial charge in [0.05, 0.1) is 17.7 Å². The average Bonchev–Trinajstić information content (AvgIpc) is 2.43. The summed E-state index contributed by atoms with van der Waals surface area (Å²) in [6, 6.07) is 4.48. The maximum atomic E-state index is 11.8. The fourth-order valence-electron chi connectivity index (χ4n) is 1.63. The van der Waals surface area contributed by atoms with Crippen molar-refractivity contribution in [3.63, 3.8) is 0 Å². The Labute approximate surface area is 96.8 Å². The summed E-state index contributed by atoms with van der Waals surface area (Å²) in [7, 11) is 0. The van der Waals surface area contributed by atoms with Gasteiger partial charge in [-0.1, -0.05) is 11.6 Å². The summed E-state index contributed by atoms with van der Waals surface area (Å²) < 4.78 is 0. The zero-order valence-electron chi connectivity index (χ0n) is 8.49. The second-order valence-electron chi connectivity index (χ2n) is 3.59. The number of imide groups is 1. The molecule has 1 aliphatic rings. The number of Topliss-reactive ketones (excluding diaryl/α,β-unsaturated/α-hetero) is 1. The first-order chi connectivity index (χ1) is 7.50. The van der Waals surface area contributed by atoms with Crippen LogP contribution < -0.4 is 0 Å². The zero-order valence-corrected chi connectivity index (χ0v) is 9.25. The zero-order chi connectivity index (χ0) is 11.9. The Morgan fingerprint density at radius 3 is 2.50 bits per heavy atom. The van der Waals surface area contributed by atoms with Gasteiger partial charge < -0.3 is 0 Å². The molecule has 1 aliphatic heterocycles. The lowest BCUT2D eigenvalue weighted by molar-refractivity contribution is -0.117. The fraction of sp³-hybridized carbons (Fsp3) is 0.182. The topological polar surface area (TPSA) is 54.5 Å². The lowest BCUT2D eigenvalue weighted by Crippen LogP contribution is -2.33. The van der Waals surface area contributed by atoms with Crippen molar-refractivity contribution in [3.8, 4) is 0 Å². The van der Waals surface area contributed by atoms with Crippen LogP contribution in [0.3, 0.4) is 0 Å². The van der Waals surface area contributed by atoms with Crippen LogP contribution in [0.4, 0.5) is 0 Å². The molecular formula is C11H8ClNO3. The first-order valence-electron chi connectivity index (χ1n) is 4.66. The summed E-state index contributed by atoms with van der Waals surface area (Å²) in [5, 5.41) is 0.393. The fourth-order valence-corrected chi connectivity index (χ4v) is 1.80. The van der Waals surface area contributed by atoms with Crippen molar-refractivity contribution >= 4 is 29.2 Å². The minimum Gasteiger partial charge on any atom is -0.298 e. The summed E-state index contributed by atoms with van der Waals surface area (Å²) in [6.45, 7) is 1.14. The predicted octanol–water partition coefficient (Wildman–Crippen LogP) is 1.53. The Balaban J connectivity index is 2.44. The molecule has 0 fully saturated rings. The highest BCUT2D eigenvalue weighted by atomic mass is 35.5. The second-order valence-corrected chi connectivity index (χ2v) is 4.02. The van der Waals surface area contributed by atoms with Crippen LogP contribution in [-0.4, -0.2) is 29.0 Å². The summed E-state index contributed by atoms with van der Waals surface area (Å²) >= 11 is 5.74. The van der Waals surface area contributed by atoms with Crippen LogP contribution >= 0.6 is 11.6 Å². The number of fused-ring (bicyclic) bond motifs is 1. The third-order valence-corrected chi connectivity index (χ3v) is 2.55. The van der Waals surface area contributed by atoms with Crippen LogP contribution in [0.25, 0.3) is 0 Å². The third-order valence-electron chi connectivity index (χ3n) is 2.31. The van der Waals surface area contributed by atoms with Gasteiger partial charge >= 0.3 is 0 Å². The van der Waals surface area contributed by atoms with Crippen molar-refractivity contribution in [2.45, 2.75) is 6.92 Å². The van der Waals surface area contributed by atoms with E-state index in [2.05, 4.69) is 0 Å². The maximum Gasteiger partial charge on any atom is 0.262 e. The van der Waals surface area contributed by atoms with E-state index in [1.54, 1.807) is 6.07 Å². The lowest BCUT2D eigenvalue weighted by Gasteiger charge is -2.10. The van der Waals surface area contributed by atoms with E-state index < -0.39 is 11.8 Å². The Morgan fingerprint density at radius 1 is 1.25 bits per heavy atom. The molecule has 16 heavy (non-hydrogen) atoms. The van der Waals surface area contributed by atoms with E-state index in [1.165, 1.54) is 19.1 Å². The number of hydrogen-bond acceptors (Lipinski definition) is 3. The van der Waals surface area contributed by atoms with E-state index in [9.17, 15) is 14.4 Å². The normalized spacial score (nSPS) is 14.2. The van der Waals surface area contributed by atoms with Crippen LogP contribution in [0.15, 0.2) is 18.2 Å². The molecule has 4 nitrogen and oxygen atoms in total. The van der Waals surface area contributed by atoms with Gasteiger partial charge in [0.25, 0.3) is 11.8 Å². The first kappa shape index (κ1) is 10.8. The average molecular weight is 238 g/mol. The summed E-state index contributed by atoms with van der Waals surface area (Å²) in [4.78, 5) is 35.4. The quantitative estimate of drug-likeness (QED) is 0.733. The monoisotopic (exact) mass is 237 g/mol. The third kappa shape index (κ3) is 1.61. The van der Waals surface area contributed by atoms with E-state index >= 15 is 0 Å². The number of rotatable bonds is 2. The van der Waals surface area contributed by atoms with Gasteiger partial charge in [-0.25, -0.2) is 0 Å². The minimum atomic E-state index is -0.460. The predicted molar refractivity (Wildman–Crippen MR) is 57.5 cm³/mol. The van der Waals surface area contributed by atoms with Gasteiger partial charge in [0.1, 0.15) is 5.78 Å². The Morgan fingerprint density at radius 2 is 1.88 bits per heavy atom. The van der Waals surface area contributed by atoms with Crippen molar-refractivity contribution in [2.24, 2.45) is 0 Å². The molecule has 5 heteroatoms. The van der Waals surface area contributed by atoms with E-state index in [-0.39, 0.29) is 17.9 Å². The van der Waals surface area contributed by atoms with E-state index in [0.29, 0.717) is 10.6 Å². The van der Waals surface area contributed by atoms with Crippen molar-refractivity contribution in [2.75, 3.05) is 6.54 Å². The number of benzene rings is 1. The van der Waals surface area contributed by atoms with E-state index in [4.69, 9.17) is 11.6 Å². The molecule has 0 aliphatic carbocycles. The number of ketones is 1. The molecule has 82 valence electrons. The van der Waals surface area contributed by atoms with Gasteiger partial charge in [-0.15, -0.1) is 0 Å². The minimum absolute atomic E-state index is 0.191. The Hall–Kier alpha value is -1.68. The van der Waals surface area contributed by atoms with Crippen molar-refractivity contribution in [3.05, 3.63) is 34.3 Å². The largest absolute Gasteiger partial charge is 0.298 e. The molecule has 0 bridgehead atoms. The number of hydrogen-bond donors (Lipinski definition) is 0. The van der Waals surface area contributed by atoms with Crippen LogP contribution in [0, 0.1) is 0 Å². The molecule has 0 saturated carbocycles. The number of carbonyl (C=O) groups excluding carboxylic acids is 3. The summed E-state index contributed by atoms with van der Waals surface area (Å²) in [5.74, 6) is -1.13. The van der Waals surface area contributed by atoms with Crippen molar-refractivity contribution in [1.29, 1.82) is 0 Å². The highest BCUT2D eigenvalue weighted by molar-refractivity contribution is 6.32. The molecule has 2 amide bonds. The maximum absolute atomic E-state index is 11.8. The Kier molecular flexibility index (Phi) is 2.52. The van der Waals surface area contributed by atoms with Gasteiger partial charge in [-0.2, -0.15) is 0 Å². The Bertz CT molecular complexity index is 510. The number of carbonyl (C=O) groups is 3. The number of amides is 2. The molecule has 0 aromatic heterocycles. The number of nitrogens with zero attached hydrogens (tertiary/aromatic N) is 1. The van der Waals surface area contributed by atoms with Gasteiger partial charge in [-0.3, -0.25) is 19.3 Å². The molecule has 2 rings (SSSR count). The molecular weight excluding hydrogens is 230 g/mol. The van der Waals surface area contributed by atoms with Crippen LogP contribution in [0.2, 0.25) is 5.02 Å². The van der Waals surface area contributed by atoms with Gasteiger partial charge in [0.15, 0.2) is 0 Å². The molecule has 1 aromatic carbocycles. The molecule has 1 aromatic rings. The van der Waals surface area contributed by atoms with Crippen LogP contribution in [-0.2, 0) is 4.79 Å². The molecule has 0 saturated heterocycles.